The summed E-state index contributed by atoms with van der Waals surface area (Å²) in [6.07, 6.45) is -2.21. The Morgan fingerprint density at radius 3 is 2.30 bits per heavy atom. The zero-order chi connectivity index (χ0) is 28.1. The van der Waals surface area contributed by atoms with E-state index in [1.807, 2.05) is 72.8 Å². The van der Waals surface area contributed by atoms with Crippen LogP contribution in [0.2, 0.25) is 5.02 Å². The second-order valence-corrected chi connectivity index (χ2v) is 10.3. The second kappa shape index (κ2) is 13.0. The first-order valence-corrected chi connectivity index (χ1v) is 13.5. The fraction of sp³-hybridized carbons (Fsp3) is 0.323. The van der Waals surface area contributed by atoms with Gasteiger partial charge in [-0.1, -0.05) is 84.4 Å². The number of amides is 1. The summed E-state index contributed by atoms with van der Waals surface area (Å²) in [6, 6.07) is 25.0. The zero-order valence-corrected chi connectivity index (χ0v) is 22.9. The molecular formula is C31H33ClN2O6. The average molecular weight is 565 g/mol. The van der Waals surface area contributed by atoms with Crippen molar-refractivity contribution in [1.29, 1.82) is 0 Å². The Labute approximate surface area is 238 Å². The van der Waals surface area contributed by atoms with E-state index in [2.05, 4.69) is 0 Å². The summed E-state index contributed by atoms with van der Waals surface area (Å²) in [5.41, 5.74) is 8.84. The first-order chi connectivity index (χ1) is 19.5. The van der Waals surface area contributed by atoms with Gasteiger partial charge < -0.3 is 34.4 Å². The van der Waals surface area contributed by atoms with Crippen molar-refractivity contribution in [1.82, 2.24) is 4.57 Å². The lowest BCUT2D eigenvalue weighted by Gasteiger charge is -2.44. The molecule has 3 aromatic carbocycles. The van der Waals surface area contributed by atoms with Crippen LogP contribution in [0.15, 0.2) is 85.1 Å². The minimum absolute atomic E-state index is 0.0188. The van der Waals surface area contributed by atoms with Crippen molar-refractivity contribution in [3.05, 3.63) is 107 Å². The van der Waals surface area contributed by atoms with E-state index in [9.17, 15) is 9.90 Å². The summed E-state index contributed by atoms with van der Waals surface area (Å²) in [5.74, 6) is -0.472. The third kappa shape index (κ3) is 6.23. The minimum Gasteiger partial charge on any atom is -0.386 e. The molecule has 4 aromatic rings. The molecular weight excluding hydrogens is 532 g/mol. The number of rotatable bonds is 11. The smallest absolute Gasteiger partial charge is 0.221 e. The number of fused-ring (bicyclic) bond motifs is 1. The van der Waals surface area contributed by atoms with Gasteiger partial charge >= 0.3 is 0 Å². The van der Waals surface area contributed by atoms with Gasteiger partial charge in [-0.2, -0.15) is 0 Å². The van der Waals surface area contributed by atoms with E-state index in [0.29, 0.717) is 22.7 Å². The SMILES string of the molecule is CO[C@H]1[C@H](OCc2ccccc2)[C@@H](O)[C@@H](n2cc(CC(N)=O)c3cccc(Cl)c32)O[C@@H]1COCc1ccccc1. The Hall–Kier alpha value is -3.24. The van der Waals surface area contributed by atoms with Crippen LogP contribution in [0, 0.1) is 0 Å². The summed E-state index contributed by atoms with van der Waals surface area (Å²) >= 11 is 6.65. The molecule has 40 heavy (non-hydrogen) atoms. The van der Waals surface area contributed by atoms with Crippen LogP contribution in [0.1, 0.15) is 22.9 Å². The molecule has 0 bridgehead atoms. The van der Waals surface area contributed by atoms with Crippen molar-refractivity contribution in [3.8, 4) is 0 Å². The van der Waals surface area contributed by atoms with E-state index in [4.69, 9.17) is 36.3 Å². The highest BCUT2D eigenvalue weighted by Gasteiger charge is 2.47. The molecule has 210 valence electrons. The Morgan fingerprint density at radius 2 is 1.65 bits per heavy atom. The first kappa shape index (κ1) is 28.3. The number of para-hydroxylation sites is 1. The van der Waals surface area contributed by atoms with Crippen LogP contribution >= 0.6 is 11.6 Å². The monoisotopic (exact) mass is 564 g/mol. The number of halogens is 1. The largest absolute Gasteiger partial charge is 0.386 e. The predicted molar refractivity (Wildman–Crippen MR) is 152 cm³/mol. The van der Waals surface area contributed by atoms with Crippen LogP contribution in [0.5, 0.6) is 0 Å². The highest BCUT2D eigenvalue weighted by Crippen LogP contribution is 2.38. The predicted octanol–water partition coefficient (Wildman–Crippen LogP) is 4.40. The number of nitrogens with zero attached hydrogens (tertiary/aromatic N) is 1. The number of aliphatic hydroxyl groups is 1. The number of methoxy groups -OCH3 is 1. The molecule has 0 spiro atoms. The van der Waals surface area contributed by atoms with Crippen LogP contribution in [0.4, 0.5) is 0 Å². The quantitative estimate of drug-likeness (QED) is 0.280. The summed E-state index contributed by atoms with van der Waals surface area (Å²) < 4.78 is 26.5. The summed E-state index contributed by atoms with van der Waals surface area (Å²) in [7, 11) is 1.57. The number of benzene rings is 3. The van der Waals surface area contributed by atoms with Crippen molar-refractivity contribution < 1.29 is 28.8 Å². The van der Waals surface area contributed by atoms with Gasteiger partial charge in [-0.3, -0.25) is 4.79 Å². The molecule has 0 unspecified atom stereocenters. The summed E-state index contributed by atoms with van der Waals surface area (Å²) in [6.45, 7) is 0.858. The second-order valence-electron chi connectivity index (χ2n) is 9.86. The Morgan fingerprint density at radius 1 is 0.975 bits per heavy atom. The normalized spacial score (nSPS) is 22.9. The van der Waals surface area contributed by atoms with E-state index in [1.54, 1.807) is 23.9 Å². The van der Waals surface area contributed by atoms with Gasteiger partial charge in [0.1, 0.15) is 24.4 Å². The molecule has 0 aliphatic carbocycles. The number of nitrogens with two attached hydrogens (primary N) is 1. The van der Waals surface area contributed by atoms with Gasteiger partial charge in [-0.05, 0) is 22.8 Å². The standard InChI is InChI=1S/C31H33ClN2O6/c1-37-29-25(19-38-17-20-9-4-2-5-10-20)40-31(28(36)30(29)39-18-21-11-6-3-7-12-21)34-16-22(15-26(33)35)23-13-8-14-24(32)27(23)34/h2-14,16,25,28-31,36H,15,17-19H2,1H3,(H2,33,35)/t25-,28-,29-,30-,31+/m1/s1. The van der Waals surface area contributed by atoms with E-state index in [1.165, 1.54) is 0 Å². The lowest BCUT2D eigenvalue weighted by Crippen LogP contribution is -2.58. The molecule has 1 fully saturated rings. The Balaban J connectivity index is 1.48. The highest BCUT2D eigenvalue weighted by molar-refractivity contribution is 6.35. The number of carbonyl (C=O) groups is 1. The number of primary amides is 1. The molecule has 1 aliphatic rings. The van der Waals surface area contributed by atoms with Gasteiger partial charge in [-0.25, -0.2) is 0 Å². The number of aromatic nitrogens is 1. The van der Waals surface area contributed by atoms with Crippen molar-refractivity contribution in [2.45, 2.75) is 50.3 Å². The fourth-order valence-electron chi connectivity index (χ4n) is 5.25. The zero-order valence-electron chi connectivity index (χ0n) is 22.2. The van der Waals surface area contributed by atoms with E-state index < -0.39 is 36.6 Å². The van der Waals surface area contributed by atoms with Gasteiger partial charge in [0.15, 0.2) is 6.23 Å². The maximum absolute atomic E-state index is 11.8. The third-order valence-electron chi connectivity index (χ3n) is 7.11. The summed E-state index contributed by atoms with van der Waals surface area (Å²) in [4.78, 5) is 11.8. The van der Waals surface area contributed by atoms with Crippen molar-refractivity contribution in [3.63, 3.8) is 0 Å². The topological polar surface area (TPSA) is 105 Å². The molecule has 8 nitrogen and oxygen atoms in total. The third-order valence-corrected chi connectivity index (χ3v) is 7.41. The molecule has 1 saturated heterocycles. The molecule has 9 heteroatoms. The number of ether oxygens (including phenoxy) is 4. The van der Waals surface area contributed by atoms with Gasteiger partial charge in [0.25, 0.3) is 0 Å². The van der Waals surface area contributed by atoms with Gasteiger partial charge in [0.05, 0.1) is 36.8 Å². The maximum Gasteiger partial charge on any atom is 0.221 e. The molecule has 5 rings (SSSR count). The van der Waals surface area contributed by atoms with Gasteiger partial charge in [-0.15, -0.1) is 0 Å². The number of hydrogen-bond acceptors (Lipinski definition) is 6. The average Bonchev–Trinajstić information content (AvgIpc) is 3.32. The molecule has 3 N–H and O–H groups in total. The van der Waals surface area contributed by atoms with Gasteiger partial charge in [0.2, 0.25) is 5.91 Å². The van der Waals surface area contributed by atoms with Crippen molar-refractivity contribution >= 4 is 28.4 Å². The molecule has 5 atom stereocenters. The number of carbonyl (C=O) groups excluding carboxylic acids is 1. The van der Waals surface area contributed by atoms with Gasteiger partial charge in [0, 0.05) is 18.7 Å². The molecule has 1 aromatic heterocycles. The molecule has 1 aliphatic heterocycles. The Bertz CT molecular complexity index is 1410. The van der Waals surface area contributed by atoms with Crippen LogP contribution in [0.25, 0.3) is 10.9 Å². The number of hydrogen-bond donors (Lipinski definition) is 2. The molecule has 0 radical (unpaired) electrons. The first-order valence-electron chi connectivity index (χ1n) is 13.2. The van der Waals surface area contributed by atoms with Crippen LogP contribution in [0.3, 0.4) is 0 Å². The van der Waals surface area contributed by atoms with E-state index >= 15 is 0 Å². The highest BCUT2D eigenvalue weighted by atomic mass is 35.5. The summed E-state index contributed by atoms with van der Waals surface area (Å²) in [5, 5.41) is 12.9. The lowest BCUT2D eigenvalue weighted by atomic mass is 9.97. The molecule has 1 amide bonds. The van der Waals surface area contributed by atoms with Crippen LogP contribution in [-0.4, -0.2) is 53.7 Å². The molecule has 2 heterocycles. The fourth-order valence-corrected chi connectivity index (χ4v) is 5.52. The van der Waals surface area contributed by atoms with Crippen molar-refractivity contribution in [2.24, 2.45) is 5.73 Å². The van der Waals surface area contributed by atoms with Crippen LogP contribution in [-0.2, 0) is 43.4 Å². The van der Waals surface area contributed by atoms with E-state index in [-0.39, 0.29) is 19.6 Å². The van der Waals surface area contributed by atoms with Crippen molar-refractivity contribution in [2.75, 3.05) is 13.7 Å². The molecule has 0 saturated carbocycles. The van der Waals surface area contributed by atoms with E-state index in [0.717, 1.165) is 16.5 Å². The lowest BCUT2D eigenvalue weighted by molar-refractivity contribution is -0.271. The maximum atomic E-state index is 11.8. The number of aliphatic hydroxyl groups excluding tert-OH is 1. The Kier molecular flexibility index (Phi) is 9.16. The minimum atomic E-state index is -1.13. The van der Waals surface area contributed by atoms with Crippen LogP contribution < -0.4 is 5.73 Å².